The third-order valence-electron chi connectivity index (χ3n) is 0.480. The number of amides is 1. The van der Waals surface area contributed by atoms with Crippen molar-refractivity contribution in [3.63, 3.8) is 0 Å². The lowest BCUT2D eigenvalue weighted by atomic mass is 11.0. The van der Waals surface area contributed by atoms with Crippen LogP contribution < -0.4 is 0 Å². The highest BCUT2D eigenvalue weighted by molar-refractivity contribution is 5.46. The van der Waals surface area contributed by atoms with Crippen LogP contribution in [0, 0.1) is 0 Å². The standard InChI is InChI=1S/C5H7NO2/c1-3-6(5-7)8-4-2/h3-5H,1-2H2. The van der Waals surface area contributed by atoms with Crippen LogP contribution in [0.1, 0.15) is 0 Å². The van der Waals surface area contributed by atoms with Crippen molar-refractivity contribution in [2.24, 2.45) is 0 Å². The highest BCUT2D eigenvalue weighted by Gasteiger charge is 1.86. The molecule has 3 heteroatoms. The molecule has 0 spiro atoms. The van der Waals surface area contributed by atoms with E-state index in [2.05, 4.69) is 18.0 Å². The van der Waals surface area contributed by atoms with Crippen molar-refractivity contribution in [1.82, 2.24) is 5.06 Å². The lowest BCUT2D eigenvalue weighted by Gasteiger charge is -2.06. The minimum Gasteiger partial charge on any atom is -0.381 e. The quantitative estimate of drug-likeness (QED) is 0.304. The molecule has 0 aromatic carbocycles. The molecule has 0 aromatic rings. The van der Waals surface area contributed by atoms with Crippen molar-refractivity contribution in [1.29, 1.82) is 0 Å². The number of hydrogen-bond donors (Lipinski definition) is 0. The summed E-state index contributed by atoms with van der Waals surface area (Å²) >= 11 is 0. The zero-order valence-electron chi connectivity index (χ0n) is 4.41. The van der Waals surface area contributed by atoms with Crippen LogP contribution in [0.25, 0.3) is 0 Å². The topological polar surface area (TPSA) is 29.5 Å². The molecule has 0 aliphatic carbocycles. The summed E-state index contributed by atoms with van der Waals surface area (Å²) in [6.45, 7) is 6.50. The van der Waals surface area contributed by atoms with Crippen molar-refractivity contribution in [3.8, 4) is 0 Å². The Morgan fingerprint density at radius 1 is 1.50 bits per heavy atom. The zero-order valence-corrected chi connectivity index (χ0v) is 4.41. The van der Waals surface area contributed by atoms with Crippen molar-refractivity contribution >= 4 is 6.41 Å². The normalized spacial score (nSPS) is 7.00. The fraction of sp³-hybridized carbons (Fsp3) is 0. The second kappa shape index (κ2) is 3.92. The number of nitrogens with zero attached hydrogens (tertiary/aromatic N) is 1. The fourth-order valence-corrected chi connectivity index (χ4v) is 0.197. The first kappa shape index (κ1) is 6.75. The lowest BCUT2D eigenvalue weighted by molar-refractivity contribution is -0.140. The molecule has 0 saturated carbocycles. The molecule has 8 heavy (non-hydrogen) atoms. The van der Waals surface area contributed by atoms with Gasteiger partial charge in [-0.1, -0.05) is 13.2 Å². The van der Waals surface area contributed by atoms with Crippen LogP contribution in [-0.2, 0) is 9.63 Å². The molecule has 0 unspecified atom stereocenters. The Bertz CT molecular complexity index is 92.6. The van der Waals surface area contributed by atoms with Gasteiger partial charge in [0.25, 0.3) is 0 Å². The van der Waals surface area contributed by atoms with Gasteiger partial charge in [0, 0.05) is 6.20 Å². The van der Waals surface area contributed by atoms with E-state index in [1.165, 1.54) is 6.20 Å². The predicted molar refractivity (Wildman–Crippen MR) is 29.4 cm³/mol. The minimum atomic E-state index is 0.481. The molecule has 0 aromatic heterocycles. The summed E-state index contributed by atoms with van der Waals surface area (Å²) in [5.74, 6) is 0. The molecule has 44 valence electrons. The van der Waals surface area contributed by atoms with Crippen LogP contribution in [0.3, 0.4) is 0 Å². The number of carbonyl (C=O) groups is 1. The molecule has 3 nitrogen and oxygen atoms in total. The first-order valence-corrected chi connectivity index (χ1v) is 1.99. The van der Waals surface area contributed by atoms with Gasteiger partial charge in [0.15, 0.2) is 0 Å². The molecular formula is C5H7NO2. The Morgan fingerprint density at radius 2 is 2.12 bits per heavy atom. The van der Waals surface area contributed by atoms with E-state index in [4.69, 9.17) is 0 Å². The van der Waals surface area contributed by atoms with E-state index in [1.54, 1.807) is 0 Å². The summed E-state index contributed by atoms with van der Waals surface area (Å²) in [6, 6.07) is 0. The molecule has 0 N–H and O–H groups in total. The molecule has 0 bridgehead atoms. The van der Waals surface area contributed by atoms with E-state index in [9.17, 15) is 4.79 Å². The molecule has 0 aliphatic rings. The highest BCUT2D eigenvalue weighted by atomic mass is 16.7. The number of carbonyl (C=O) groups excluding carboxylic acids is 1. The molecule has 0 rings (SSSR count). The van der Waals surface area contributed by atoms with Gasteiger partial charge in [-0.2, -0.15) is 5.06 Å². The van der Waals surface area contributed by atoms with Crippen molar-refractivity contribution < 1.29 is 9.63 Å². The van der Waals surface area contributed by atoms with Crippen LogP contribution in [0.4, 0.5) is 0 Å². The Morgan fingerprint density at radius 3 is 2.25 bits per heavy atom. The summed E-state index contributed by atoms with van der Waals surface area (Å²) in [5.41, 5.74) is 0. The van der Waals surface area contributed by atoms with Crippen LogP contribution >= 0.6 is 0 Å². The summed E-state index contributed by atoms with van der Waals surface area (Å²) in [7, 11) is 0. The lowest BCUT2D eigenvalue weighted by Crippen LogP contribution is -2.10. The van der Waals surface area contributed by atoms with Gasteiger partial charge in [-0.3, -0.25) is 4.79 Å². The average molecular weight is 113 g/mol. The first-order chi connectivity index (χ1) is 3.85. The molecule has 1 amide bonds. The highest BCUT2D eigenvalue weighted by Crippen LogP contribution is 1.82. The van der Waals surface area contributed by atoms with E-state index in [1.807, 2.05) is 0 Å². The Hall–Kier alpha value is -1.25. The average Bonchev–Trinajstić information content (AvgIpc) is 1.83. The number of hydrogen-bond acceptors (Lipinski definition) is 2. The van der Waals surface area contributed by atoms with E-state index >= 15 is 0 Å². The fourth-order valence-electron chi connectivity index (χ4n) is 0.197. The van der Waals surface area contributed by atoms with Gasteiger partial charge in [-0.25, -0.2) is 0 Å². The maximum absolute atomic E-state index is 9.81. The summed E-state index contributed by atoms with van der Waals surface area (Å²) < 4.78 is 0. The van der Waals surface area contributed by atoms with Crippen LogP contribution in [-0.4, -0.2) is 11.5 Å². The number of rotatable bonds is 4. The third kappa shape index (κ3) is 2.02. The van der Waals surface area contributed by atoms with E-state index in [0.29, 0.717) is 6.41 Å². The molecule has 0 aliphatic heterocycles. The van der Waals surface area contributed by atoms with Gasteiger partial charge < -0.3 is 4.84 Å². The maximum Gasteiger partial charge on any atom is 0.246 e. The molecule has 0 atom stereocenters. The Labute approximate surface area is 47.8 Å². The van der Waals surface area contributed by atoms with Gasteiger partial charge >= 0.3 is 0 Å². The van der Waals surface area contributed by atoms with Crippen molar-refractivity contribution in [2.75, 3.05) is 0 Å². The van der Waals surface area contributed by atoms with Crippen LogP contribution in [0.15, 0.2) is 25.6 Å². The van der Waals surface area contributed by atoms with Crippen LogP contribution in [0.2, 0.25) is 0 Å². The smallest absolute Gasteiger partial charge is 0.246 e. The first-order valence-electron chi connectivity index (χ1n) is 1.99. The van der Waals surface area contributed by atoms with E-state index in [0.717, 1.165) is 11.3 Å². The molecule has 0 radical (unpaired) electrons. The van der Waals surface area contributed by atoms with Crippen molar-refractivity contribution in [3.05, 3.63) is 25.6 Å². The van der Waals surface area contributed by atoms with Gasteiger partial charge in [-0.15, -0.1) is 0 Å². The SMILES string of the molecule is C=CON(C=C)C=O. The maximum atomic E-state index is 9.81. The molecule has 0 saturated heterocycles. The van der Waals surface area contributed by atoms with Gasteiger partial charge in [0.05, 0.1) is 0 Å². The number of hydroxylamine groups is 2. The van der Waals surface area contributed by atoms with Gasteiger partial charge in [0.2, 0.25) is 6.41 Å². The summed E-state index contributed by atoms with van der Waals surface area (Å²) in [6.07, 6.45) is 2.85. The minimum absolute atomic E-state index is 0.481. The second-order valence-electron chi connectivity index (χ2n) is 0.920. The Kier molecular flexibility index (Phi) is 3.31. The molecular weight excluding hydrogens is 106 g/mol. The second-order valence-corrected chi connectivity index (χ2v) is 0.920. The molecule has 0 fully saturated rings. The summed E-state index contributed by atoms with van der Waals surface area (Å²) in [4.78, 5) is 14.3. The van der Waals surface area contributed by atoms with Crippen molar-refractivity contribution in [2.45, 2.75) is 0 Å². The molecule has 0 heterocycles. The Balaban J connectivity index is 3.50. The third-order valence-corrected chi connectivity index (χ3v) is 0.480. The largest absolute Gasteiger partial charge is 0.381 e. The summed E-state index contributed by atoms with van der Waals surface area (Å²) in [5, 5.41) is 0.896. The zero-order chi connectivity index (χ0) is 6.41. The van der Waals surface area contributed by atoms with Gasteiger partial charge in [-0.05, 0) is 0 Å². The van der Waals surface area contributed by atoms with Crippen LogP contribution in [0.5, 0.6) is 0 Å². The monoisotopic (exact) mass is 113 g/mol. The predicted octanol–water partition coefficient (Wildman–Crippen LogP) is 0.663. The van der Waals surface area contributed by atoms with Gasteiger partial charge in [0.1, 0.15) is 6.26 Å². The van der Waals surface area contributed by atoms with E-state index in [-0.39, 0.29) is 0 Å². The van der Waals surface area contributed by atoms with E-state index < -0.39 is 0 Å².